The summed E-state index contributed by atoms with van der Waals surface area (Å²) in [6.07, 6.45) is 0. The molecule has 10 heavy (non-hydrogen) atoms. The summed E-state index contributed by atoms with van der Waals surface area (Å²) in [6, 6.07) is 0. The van der Waals surface area contributed by atoms with E-state index in [1.165, 1.54) is 4.90 Å². The molecular formula is C6H15ClN2O. The number of nitrogens with two attached hydrogens (primary N) is 1. The standard InChI is InChI=1S/C6H14N2O.ClH/c1-6(2,7)5(9)8(3)4;/h7H2,1-4H3;1H. The molecule has 0 aromatic rings. The summed E-state index contributed by atoms with van der Waals surface area (Å²) in [6.45, 7) is 3.38. The van der Waals surface area contributed by atoms with Crippen LogP contribution < -0.4 is 5.73 Å². The first kappa shape index (κ1) is 12.4. The van der Waals surface area contributed by atoms with Crippen molar-refractivity contribution in [2.75, 3.05) is 14.1 Å². The second-order valence-corrected chi connectivity index (χ2v) is 2.92. The van der Waals surface area contributed by atoms with Crippen LogP contribution in [0.1, 0.15) is 13.8 Å². The van der Waals surface area contributed by atoms with Crippen molar-refractivity contribution in [3.63, 3.8) is 0 Å². The zero-order valence-corrected chi connectivity index (χ0v) is 7.66. The molecule has 0 fully saturated rings. The number of hydrogen-bond donors (Lipinski definition) is 1. The molecule has 0 aliphatic carbocycles. The summed E-state index contributed by atoms with van der Waals surface area (Å²) in [5.41, 5.74) is 4.76. The lowest BCUT2D eigenvalue weighted by Gasteiger charge is -2.21. The first-order valence-electron chi connectivity index (χ1n) is 2.86. The van der Waals surface area contributed by atoms with E-state index in [1.54, 1.807) is 27.9 Å². The van der Waals surface area contributed by atoms with Crippen LogP contribution in [0.25, 0.3) is 0 Å². The molecule has 0 aliphatic rings. The molecule has 0 saturated carbocycles. The van der Waals surface area contributed by atoms with Gasteiger partial charge >= 0.3 is 0 Å². The molecule has 0 saturated heterocycles. The van der Waals surface area contributed by atoms with Crippen LogP contribution in [0, 0.1) is 0 Å². The van der Waals surface area contributed by atoms with Gasteiger partial charge in [-0.2, -0.15) is 0 Å². The van der Waals surface area contributed by atoms with E-state index in [4.69, 9.17) is 5.73 Å². The molecule has 0 aromatic carbocycles. The van der Waals surface area contributed by atoms with Crippen molar-refractivity contribution in [2.45, 2.75) is 19.4 Å². The highest BCUT2D eigenvalue weighted by molar-refractivity contribution is 5.85. The van der Waals surface area contributed by atoms with Crippen LogP contribution >= 0.6 is 12.4 Å². The van der Waals surface area contributed by atoms with Gasteiger partial charge in [-0.1, -0.05) is 0 Å². The van der Waals surface area contributed by atoms with E-state index in [2.05, 4.69) is 0 Å². The van der Waals surface area contributed by atoms with Gasteiger partial charge in [0.15, 0.2) is 0 Å². The molecule has 0 bridgehead atoms. The fourth-order valence-electron chi connectivity index (χ4n) is 0.576. The van der Waals surface area contributed by atoms with Crippen molar-refractivity contribution in [3.05, 3.63) is 0 Å². The van der Waals surface area contributed by atoms with Gasteiger partial charge in [0, 0.05) is 14.1 Å². The third-order valence-corrected chi connectivity index (χ3v) is 0.957. The van der Waals surface area contributed by atoms with E-state index >= 15 is 0 Å². The average Bonchev–Trinajstić information content (AvgIpc) is 1.62. The molecule has 1 amide bonds. The number of rotatable bonds is 1. The van der Waals surface area contributed by atoms with E-state index in [9.17, 15) is 4.79 Å². The lowest BCUT2D eigenvalue weighted by molar-refractivity contribution is -0.133. The number of likely N-dealkylation sites (N-methyl/N-ethyl adjacent to an activating group) is 1. The van der Waals surface area contributed by atoms with Crippen LogP contribution in [0.15, 0.2) is 0 Å². The Bertz CT molecular complexity index is 117. The second kappa shape index (κ2) is 3.78. The molecule has 0 aliphatic heterocycles. The number of carbonyl (C=O) groups excluding carboxylic acids is 1. The maximum Gasteiger partial charge on any atom is 0.241 e. The van der Waals surface area contributed by atoms with Crippen molar-refractivity contribution < 1.29 is 4.79 Å². The molecule has 3 nitrogen and oxygen atoms in total. The predicted molar refractivity (Wildman–Crippen MR) is 44.2 cm³/mol. The van der Waals surface area contributed by atoms with Gasteiger partial charge in [-0.15, -0.1) is 12.4 Å². The maximum atomic E-state index is 11.0. The summed E-state index contributed by atoms with van der Waals surface area (Å²) in [5.74, 6) is -0.0532. The van der Waals surface area contributed by atoms with Crippen LogP contribution in [0.3, 0.4) is 0 Å². The van der Waals surface area contributed by atoms with E-state index < -0.39 is 5.54 Å². The van der Waals surface area contributed by atoms with Gasteiger partial charge in [-0.25, -0.2) is 0 Å². The Kier molecular flexibility index (Phi) is 4.69. The van der Waals surface area contributed by atoms with E-state index in [-0.39, 0.29) is 18.3 Å². The number of hydrogen-bond acceptors (Lipinski definition) is 2. The molecule has 4 heteroatoms. The number of carbonyl (C=O) groups is 1. The lowest BCUT2D eigenvalue weighted by Crippen LogP contribution is -2.48. The van der Waals surface area contributed by atoms with Gasteiger partial charge in [0.1, 0.15) is 0 Å². The molecular weight excluding hydrogens is 152 g/mol. The Balaban J connectivity index is 0. The average molecular weight is 167 g/mol. The summed E-state index contributed by atoms with van der Waals surface area (Å²) in [5, 5.41) is 0. The van der Waals surface area contributed by atoms with Gasteiger partial charge in [-0.3, -0.25) is 4.79 Å². The van der Waals surface area contributed by atoms with Gasteiger partial charge in [-0.05, 0) is 13.8 Å². The maximum absolute atomic E-state index is 11.0. The molecule has 0 aromatic heterocycles. The minimum atomic E-state index is -0.733. The second-order valence-electron chi connectivity index (χ2n) is 2.92. The smallest absolute Gasteiger partial charge is 0.241 e. The molecule has 0 atom stereocenters. The van der Waals surface area contributed by atoms with Crippen LogP contribution in [-0.4, -0.2) is 30.4 Å². The highest BCUT2D eigenvalue weighted by atomic mass is 35.5. The summed E-state index contributed by atoms with van der Waals surface area (Å²) < 4.78 is 0. The SMILES string of the molecule is CN(C)C(=O)C(C)(C)N.Cl. The van der Waals surface area contributed by atoms with Gasteiger partial charge in [0.2, 0.25) is 5.91 Å². The van der Waals surface area contributed by atoms with Crippen LogP contribution in [0.5, 0.6) is 0 Å². The molecule has 0 radical (unpaired) electrons. The zero-order valence-electron chi connectivity index (χ0n) is 6.84. The Morgan fingerprint density at radius 2 is 1.70 bits per heavy atom. The fraction of sp³-hybridized carbons (Fsp3) is 0.833. The first-order chi connectivity index (χ1) is 3.85. The molecule has 0 unspecified atom stereocenters. The van der Waals surface area contributed by atoms with Crippen molar-refractivity contribution in [3.8, 4) is 0 Å². The minimum absolute atomic E-state index is 0. The van der Waals surface area contributed by atoms with Crippen LogP contribution in [0.2, 0.25) is 0 Å². The number of halogens is 1. The molecule has 0 heterocycles. The first-order valence-corrected chi connectivity index (χ1v) is 2.86. The van der Waals surface area contributed by atoms with E-state index in [0.717, 1.165) is 0 Å². The van der Waals surface area contributed by atoms with Crippen LogP contribution in [-0.2, 0) is 4.79 Å². The Morgan fingerprint density at radius 1 is 1.40 bits per heavy atom. The molecule has 0 rings (SSSR count). The third-order valence-electron chi connectivity index (χ3n) is 0.957. The zero-order chi connectivity index (χ0) is 7.65. The summed E-state index contributed by atoms with van der Waals surface area (Å²) in [7, 11) is 3.38. The molecule has 62 valence electrons. The normalized spacial score (nSPS) is 10.1. The molecule has 0 spiro atoms. The summed E-state index contributed by atoms with van der Waals surface area (Å²) >= 11 is 0. The topological polar surface area (TPSA) is 46.3 Å². The van der Waals surface area contributed by atoms with Gasteiger partial charge in [0.25, 0.3) is 0 Å². The third kappa shape index (κ3) is 3.69. The van der Waals surface area contributed by atoms with Crippen LogP contribution in [0.4, 0.5) is 0 Å². The molecule has 2 N–H and O–H groups in total. The quantitative estimate of drug-likeness (QED) is 0.607. The minimum Gasteiger partial charge on any atom is -0.347 e. The lowest BCUT2D eigenvalue weighted by atomic mass is 10.1. The van der Waals surface area contributed by atoms with Gasteiger partial charge < -0.3 is 10.6 Å². The van der Waals surface area contributed by atoms with Crippen molar-refractivity contribution in [1.29, 1.82) is 0 Å². The predicted octanol–water partition coefficient (Wildman–Crippen LogP) is 0.234. The fourth-order valence-corrected chi connectivity index (χ4v) is 0.576. The van der Waals surface area contributed by atoms with Crippen molar-refractivity contribution in [2.24, 2.45) is 5.73 Å². The Labute approximate surface area is 68.0 Å². The Hall–Kier alpha value is -0.280. The van der Waals surface area contributed by atoms with E-state index in [0.29, 0.717) is 0 Å². The van der Waals surface area contributed by atoms with Crippen molar-refractivity contribution >= 4 is 18.3 Å². The van der Waals surface area contributed by atoms with Gasteiger partial charge in [0.05, 0.1) is 5.54 Å². The largest absolute Gasteiger partial charge is 0.347 e. The van der Waals surface area contributed by atoms with E-state index in [1.807, 2.05) is 0 Å². The summed E-state index contributed by atoms with van der Waals surface area (Å²) in [4.78, 5) is 12.5. The highest BCUT2D eigenvalue weighted by Gasteiger charge is 2.22. The van der Waals surface area contributed by atoms with Crippen molar-refractivity contribution in [1.82, 2.24) is 4.90 Å². The monoisotopic (exact) mass is 166 g/mol. The number of amides is 1. The Morgan fingerprint density at radius 3 is 1.70 bits per heavy atom. The number of nitrogens with zero attached hydrogens (tertiary/aromatic N) is 1. The highest BCUT2D eigenvalue weighted by Crippen LogP contribution is 1.99.